The van der Waals surface area contributed by atoms with Crippen LogP contribution in [0, 0.1) is 0 Å². The van der Waals surface area contributed by atoms with E-state index in [1.165, 1.54) is 18.9 Å². The summed E-state index contributed by atoms with van der Waals surface area (Å²) in [5.41, 5.74) is 0.962. The van der Waals surface area contributed by atoms with Gasteiger partial charge in [-0.2, -0.15) is 0 Å². The fourth-order valence-electron chi connectivity index (χ4n) is 2.62. The van der Waals surface area contributed by atoms with Gasteiger partial charge in [0.25, 0.3) is 0 Å². The summed E-state index contributed by atoms with van der Waals surface area (Å²) >= 11 is 0. The normalized spacial score (nSPS) is 17.0. The van der Waals surface area contributed by atoms with Crippen molar-refractivity contribution in [3.63, 3.8) is 0 Å². The number of hydrogen-bond acceptors (Lipinski definition) is 2. The van der Waals surface area contributed by atoms with Crippen LogP contribution >= 0.6 is 0 Å². The Bertz CT molecular complexity index is 517. The molecule has 0 aliphatic carbocycles. The lowest BCUT2D eigenvalue weighted by molar-refractivity contribution is -0.135. The minimum atomic E-state index is -0.481. The lowest BCUT2D eigenvalue weighted by atomic mass is 10.2. The highest BCUT2D eigenvalue weighted by atomic mass is 16.2. The average molecular weight is 300 g/mol. The fraction of sp³-hybridized carbons (Fsp3) is 0.444. The summed E-state index contributed by atoms with van der Waals surface area (Å²) in [7, 11) is 0. The lowest BCUT2D eigenvalue weighted by Crippen LogP contribution is -2.46. The highest BCUT2D eigenvalue weighted by Crippen LogP contribution is 2.10. The summed E-state index contributed by atoms with van der Waals surface area (Å²) in [6, 6.07) is 9.14. The standard InChI is InChI=1S/C18H24N2O2/c1-15(18(22)20-13-7-2-3-8-14-20)19-17(21)12-11-16-9-5-4-6-10-16/h4-6,9-12,15H,2-3,7-8,13-14H2,1H3,(H,19,21)/b12-11-/t15-/m1/s1. The third kappa shape index (κ3) is 5.02. The highest BCUT2D eigenvalue weighted by molar-refractivity contribution is 5.95. The largest absolute Gasteiger partial charge is 0.341 e. The summed E-state index contributed by atoms with van der Waals surface area (Å²) in [6.45, 7) is 3.36. The van der Waals surface area contributed by atoms with Gasteiger partial charge in [-0.1, -0.05) is 43.2 Å². The first-order chi connectivity index (χ1) is 10.7. The molecule has 1 fully saturated rings. The molecule has 4 heteroatoms. The number of likely N-dealkylation sites (tertiary alicyclic amines) is 1. The van der Waals surface area contributed by atoms with E-state index in [-0.39, 0.29) is 11.8 Å². The Morgan fingerprint density at radius 3 is 2.36 bits per heavy atom. The summed E-state index contributed by atoms with van der Waals surface area (Å²) < 4.78 is 0. The van der Waals surface area contributed by atoms with Crippen LogP contribution in [0.2, 0.25) is 0 Å². The van der Waals surface area contributed by atoms with Crippen LogP contribution in [0.3, 0.4) is 0 Å². The molecular weight excluding hydrogens is 276 g/mol. The fourth-order valence-corrected chi connectivity index (χ4v) is 2.62. The zero-order valence-corrected chi connectivity index (χ0v) is 13.1. The van der Waals surface area contributed by atoms with Crippen LogP contribution in [0.1, 0.15) is 38.2 Å². The van der Waals surface area contributed by atoms with E-state index >= 15 is 0 Å². The number of carbonyl (C=O) groups is 2. The van der Waals surface area contributed by atoms with Crippen LogP contribution in [0.5, 0.6) is 0 Å². The van der Waals surface area contributed by atoms with E-state index in [0.717, 1.165) is 31.5 Å². The average Bonchev–Trinajstić information content (AvgIpc) is 2.82. The summed E-state index contributed by atoms with van der Waals surface area (Å²) in [5.74, 6) is -0.220. The van der Waals surface area contributed by atoms with E-state index in [4.69, 9.17) is 0 Å². The van der Waals surface area contributed by atoms with Crippen LogP contribution in [0.15, 0.2) is 36.4 Å². The van der Waals surface area contributed by atoms with E-state index in [0.29, 0.717) is 0 Å². The lowest BCUT2D eigenvalue weighted by Gasteiger charge is -2.24. The van der Waals surface area contributed by atoms with E-state index in [9.17, 15) is 9.59 Å². The molecule has 1 aromatic rings. The molecule has 1 saturated heterocycles. The van der Waals surface area contributed by atoms with Crippen LogP contribution in [-0.2, 0) is 9.59 Å². The Kier molecular flexibility index (Phi) is 6.19. The summed E-state index contributed by atoms with van der Waals surface area (Å²) in [6.07, 6.45) is 7.70. The molecule has 0 aromatic heterocycles. The van der Waals surface area contributed by atoms with Gasteiger partial charge in [-0.25, -0.2) is 0 Å². The Balaban J connectivity index is 1.85. The molecule has 1 N–H and O–H groups in total. The Morgan fingerprint density at radius 1 is 1.09 bits per heavy atom. The first kappa shape index (κ1) is 16.3. The predicted molar refractivity (Wildman–Crippen MR) is 88.1 cm³/mol. The molecule has 0 radical (unpaired) electrons. The Hall–Kier alpha value is -2.10. The predicted octanol–water partition coefficient (Wildman–Crippen LogP) is 2.61. The molecule has 118 valence electrons. The van der Waals surface area contributed by atoms with Gasteiger partial charge in [0.05, 0.1) is 0 Å². The topological polar surface area (TPSA) is 49.4 Å². The van der Waals surface area contributed by atoms with Crippen molar-refractivity contribution in [3.05, 3.63) is 42.0 Å². The third-order valence-electron chi connectivity index (χ3n) is 3.87. The first-order valence-corrected chi connectivity index (χ1v) is 7.99. The van der Waals surface area contributed by atoms with Gasteiger partial charge >= 0.3 is 0 Å². The van der Waals surface area contributed by atoms with Crippen molar-refractivity contribution < 1.29 is 9.59 Å². The van der Waals surface area contributed by atoms with Crippen LogP contribution in [-0.4, -0.2) is 35.8 Å². The first-order valence-electron chi connectivity index (χ1n) is 7.99. The van der Waals surface area contributed by atoms with Gasteiger partial charge in [-0.3, -0.25) is 9.59 Å². The maximum atomic E-state index is 12.3. The second-order valence-corrected chi connectivity index (χ2v) is 5.71. The maximum Gasteiger partial charge on any atom is 0.244 e. The quantitative estimate of drug-likeness (QED) is 0.869. The van der Waals surface area contributed by atoms with Gasteiger partial charge in [0.15, 0.2) is 0 Å². The van der Waals surface area contributed by atoms with Crippen molar-refractivity contribution in [3.8, 4) is 0 Å². The molecule has 0 bridgehead atoms. The van der Waals surface area contributed by atoms with Crippen molar-refractivity contribution in [2.75, 3.05) is 13.1 Å². The van der Waals surface area contributed by atoms with Crippen LogP contribution in [0.25, 0.3) is 6.08 Å². The van der Waals surface area contributed by atoms with E-state index in [2.05, 4.69) is 5.32 Å². The minimum absolute atomic E-state index is 0.0170. The Morgan fingerprint density at radius 2 is 1.73 bits per heavy atom. The Labute approximate surface area is 132 Å². The number of nitrogens with one attached hydrogen (secondary N) is 1. The zero-order valence-electron chi connectivity index (χ0n) is 13.1. The van der Waals surface area contributed by atoms with Crippen molar-refractivity contribution in [1.82, 2.24) is 10.2 Å². The summed E-state index contributed by atoms with van der Waals surface area (Å²) in [4.78, 5) is 26.1. The van der Waals surface area contributed by atoms with Crippen LogP contribution < -0.4 is 5.32 Å². The second-order valence-electron chi connectivity index (χ2n) is 5.71. The van der Waals surface area contributed by atoms with Gasteiger partial charge in [0.1, 0.15) is 6.04 Å². The number of nitrogens with zero attached hydrogens (tertiary/aromatic N) is 1. The summed E-state index contributed by atoms with van der Waals surface area (Å²) in [5, 5.41) is 2.75. The molecule has 1 aliphatic heterocycles. The number of hydrogen-bond donors (Lipinski definition) is 1. The number of rotatable bonds is 4. The van der Waals surface area contributed by atoms with Gasteiger partial charge in [0.2, 0.25) is 11.8 Å². The number of benzene rings is 1. The molecule has 4 nitrogen and oxygen atoms in total. The van der Waals surface area contributed by atoms with Crippen molar-refractivity contribution in [2.45, 2.75) is 38.6 Å². The molecular formula is C18H24N2O2. The zero-order chi connectivity index (χ0) is 15.8. The number of carbonyl (C=O) groups excluding carboxylic acids is 2. The van der Waals surface area contributed by atoms with Crippen molar-refractivity contribution in [1.29, 1.82) is 0 Å². The van der Waals surface area contributed by atoms with E-state index < -0.39 is 6.04 Å². The third-order valence-corrected chi connectivity index (χ3v) is 3.87. The van der Waals surface area contributed by atoms with E-state index in [1.54, 1.807) is 13.0 Å². The molecule has 22 heavy (non-hydrogen) atoms. The van der Waals surface area contributed by atoms with Gasteiger partial charge in [-0.15, -0.1) is 0 Å². The molecule has 0 spiro atoms. The molecule has 1 aliphatic rings. The molecule has 1 aromatic carbocycles. The van der Waals surface area contributed by atoms with Gasteiger partial charge in [-0.05, 0) is 31.4 Å². The molecule has 2 amide bonds. The maximum absolute atomic E-state index is 12.3. The SMILES string of the molecule is C[C@@H](NC(=O)/C=C\c1ccccc1)C(=O)N1CCCCCC1. The molecule has 1 heterocycles. The van der Waals surface area contributed by atoms with Gasteiger partial charge in [0, 0.05) is 19.2 Å². The van der Waals surface area contributed by atoms with Crippen molar-refractivity contribution >= 4 is 17.9 Å². The monoisotopic (exact) mass is 300 g/mol. The molecule has 0 saturated carbocycles. The smallest absolute Gasteiger partial charge is 0.244 e. The number of amides is 2. The second kappa shape index (κ2) is 8.37. The molecule has 1 atom stereocenters. The highest BCUT2D eigenvalue weighted by Gasteiger charge is 2.21. The van der Waals surface area contributed by atoms with E-state index in [1.807, 2.05) is 35.2 Å². The van der Waals surface area contributed by atoms with Gasteiger partial charge < -0.3 is 10.2 Å². The van der Waals surface area contributed by atoms with Crippen molar-refractivity contribution in [2.24, 2.45) is 0 Å². The van der Waals surface area contributed by atoms with Crippen LogP contribution in [0.4, 0.5) is 0 Å². The minimum Gasteiger partial charge on any atom is -0.341 e. The molecule has 2 rings (SSSR count). The molecule has 0 unspecified atom stereocenters.